The van der Waals surface area contributed by atoms with Crippen LogP contribution >= 0.6 is 0 Å². The lowest BCUT2D eigenvalue weighted by Gasteiger charge is -2.34. The fraction of sp³-hybridized carbons (Fsp3) is 0.440. The van der Waals surface area contributed by atoms with Gasteiger partial charge in [-0.15, -0.1) is 0 Å². The lowest BCUT2D eigenvalue weighted by Crippen LogP contribution is -2.54. The predicted molar refractivity (Wildman–Crippen MR) is 253 cm³/mol. The molecule has 3 fully saturated rings. The number of pyridine rings is 1. The SMILES string of the molecule is COC(=O)CC(C)[C@H](N)C(=O)Nc1ccc([C@@H]2CC[C@@H](c3ccc(N4CCC[C@H]4C(=O)NC(=O)[C@@H](NC(=O)OC)C(C)C)cc3)N2c2ccc(-c3ccc(N4CCOCC4)nc3)cc2)cc1. The first kappa shape index (κ1) is 47.4. The Morgan fingerprint density at radius 1 is 0.758 bits per heavy atom. The summed E-state index contributed by atoms with van der Waals surface area (Å²) < 4.78 is 15.0. The number of imide groups is 1. The molecule has 6 atom stereocenters. The zero-order chi connectivity index (χ0) is 46.9. The van der Waals surface area contributed by atoms with Gasteiger partial charge in [-0.3, -0.25) is 24.5 Å². The monoisotopic (exact) mass is 902 g/mol. The summed E-state index contributed by atoms with van der Waals surface area (Å²) in [6.45, 7) is 9.01. The Balaban J connectivity index is 1.10. The summed E-state index contributed by atoms with van der Waals surface area (Å²) in [5, 5.41) is 7.99. The number of nitrogens with one attached hydrogen (secondary N) is 3. The highest BCUT2D eigenvalue weighted by Gasteiger charge is 2.37. The fourth-order valence-corrected chi connectivity index (χ4v) is 9.17. The topological polar surface area (TPSA) is 198 Å². The largest absolute Gasteiger partial charge is 0.469 e. The second-order valence-electron chi connectivity index (χ2n) is 17.6. The average Bonchev–Trinajstić information content (AvgIpc) is 4.02. The number of benzene rings is 3. The van der Waals surface area contributed by atoms with E-state index < -0.39 is 47.9 Å². The van der Waals surface area contributed by atoms with E-state index in [-0.39, 0.29) is 30.3 Å². The van der Waals surface area contributed by atoms with Crippen LogP contribution in [0.25, 0.3) is 11.1 Å². The number of morpholine rings is 1. The summed E-state index contributed by atoms with van der Waals surface area (Å²) in [4.78, 5) is 75.0. The molecule has 1 unspecified atom stereocenters. The zero-order valence-corrected chi connectivity index (χ0v) is 38.4. The third kappa shape index (κ3) is 11.1. The number of alkyl carbamates (subject to hydrolysis) is 1. The molecule has 16 nitrogen and oxygen atoms in total. The van der Waals surface area contributed by atoms with E-state index in [1.807, 2.05) is 35.4 Å². The minimum absolute atomic E-state index is 0.00891. The first-order valence-electron chi connectivity index (χ1n) is 22.8. The summed E-state index contributed by atoms with van der Waals surface area (Å²) >= 11 is 0. The fourth-order valence-electron chi connectivity index (χ4n) is 9.17. The zero-order valence-electron chi connectivity index (χ0n) is 38.4. The van der Waals surface area contributed by atoms with Crippen molar-refractivity contribution >= 4 is 52.7 Å². The lowest BCUT2D eigenvalue weighted by atomic mass is 9.98. The van der Waals surface area contributed by atoms with Gasteiger partial charge in [0, 0.05) is 48.5 Å². The van der Waals surface area contributed by atoms with Gasteiger partial charge < -0.3 is 45.3 Å². The van der Waals surface area contributed by atoms with Crippen LogP contribution in [0, 0.1) is 11.8 Å². The predicted octanol–water partition coefficient (Wildman–Crippen LogP) is 6.13. The van der Waals surface area contributed by atoms with Gasteiger partial charge >= 0.3 is 12.1 Å². The number of esters is 1. The van der Waals surface area contributed by atoms with E-state index in [4.69, 9.17) is 20.2 Å². The second-order valence-corrected chi connectivity index (χ2v) is 17.6. The molecular formula is C50H62N8O8. The summed E-state index contributed by atoms with van der Waals surface area (Å²) in [6, 6.07) is 26.6. The van der Waals surface area contributed by atoms with E-state index >= 15 is 0 Å². The maximum atomic E-state index is 13.6. The summed E-state index contributed by atoms with van der Waals surface area (Å²) in [7, 11) is 2.54. The Morgan fingerprint density at radius 2 is 1.38 bits per heavy atom. The van der Waals surface area contributed by atoms with Crippen molar-refractivity contribution in [2.24, 2.45) is 17.6 Å². The van der Waals surface area contributed by atoms with E-state index in [9.17, 15) is 24.0 Å². The third-order valence-electron chi connectivity index (χ3n) is 13.0. The van der Waals surface area contributed by atoms with Crippen LogP contribution < -0.4 is 36.4 Å². The maximum Gasteiger partial charge on any atom is 0.407 e. The van der Waals surface area contributed by atoms with Gasteiger partial charge in [-0.2, -0.15) is 0 Å². The van der Waals surface area contributed by atoms with Crippen molar-refractivity contribution in [1.29, 1.82) is 0 Å². The first-order chi connectivity index (χ1) is 31.8. The number of carbonyl (C=O) groups is 5. The van der Waals surface area contributed by atoms with E-state index in [1.54, 1.807) is 20.8 Å². The first-order valence-corrected chi connectivity index (χ1v) is 22.8. The number of methoxy groups -OCH3 is 2. The normalized spacial score (nSPS) is 19.7. The smallest absolute Gasteiger partial charge is 0.407 e. The van der Waals surface area contributed by atoms with Crippen LogP contribution in [-0.4, -0.2) is 100.0 Å². The van der Waals surface area contributed by atoms with Crippen LogP contribution in [0.1, 0.15) is 76.1 Å². The van der Waals surface area contributed by atoms with Gasteiger partial charge in [0.25, 0.3) is 0 Å². The number of anilines is 4. The van der Waals surface area contributed by atoms with Crippen molar-refractivity contribution in [3.63, 3.8) is 0 Å². The Hall–Kier alpha value is -6.52. The molecular weight excluding hydrogens is 841 g/mol. The molecule has 3 aliphatic rings. The summed E-state index contributed by atoms with van der Waals surface area (Å²) in [5.41, 5.74) is 13.0. The van der Waals surface area contributed by atoms with Crippen LogP contribution in [0.5, 0.6) is 0 Å². The molecule has 3 saturated heterocycles. The van der Waals surface area contributed by atoms with Gasteiger partial charge in [-0.25, -0.2) is 9.78 Å². The van der Waals surface area contributed by atoms with Gasteiger partial charge in [0.05, 0.1) is 52.0 Å². The Kier molecular flexibility index (Phi) is 15.6. The molecule has 0 aliphatic carbocycles. The quantitative estimate of drug-likeness (QED) is 0.0997. The van der Waals surface area contributed by atoms with Crippen LogP contribution in [0.15, 0.2) is 91.1 Å². The minimum atomic E-state index is -0.925. The molecule has 0 bridgehead atoms. The van der Waals surface area contributed by atoms with Gasteiger partial charge in [-0.1, -0.05) is 57.2 Å². The van der Waals surface area contributed by atoms with E-state index in [0.717, 1.165) is 71.8 Å². The van der Waals surface area contributed by atoms with Gasteiger partial charge in [-0.05, 0) is 103 Å². The number of nitrogens with two attached hydrogens (primary N) is 1. The molecule has 1 aromatic heterocycles. The third-order valence-corrected chi connectivity index (χ3v) is 13.0. The van der Waals surface area contributed by atoms with Crippen LogP contribution in [-0.2, 0) is 33.4 Å². The number of rotatable bonds is 15. The molecule has 350 valence electrons. The van der Waals surface area contributed by atoms with E-state index in [1.165, 1.54) is 14.2 Å². The number of carbonyl (C=O) groups excluding carboxylic acids is 5. The molecule has 4 amide bonds. The second kappa shape index (κ2) is 21.6. The maximum absolute atomic E-state index is 13.6. The lowest BCUT2D eigenvalue weighted by molar-refractivity contribution is -0.142. The number of hydrogen-bond acceptors (Lipinski definition) is 13. The van der Waals surface area contributed by atoms with Crippen molar-refractivity contribution in [1.82, 2.24) is 15.6 Å². The molecule has 66 heavy (non-hydrogen) atoms. The standard InChI is InChI=1S/C50H62N8O8/c1-31(2)46(54-50(63)65-5)49(62)55-47(60)42-7-6-24-57(42)38-17-12-35(13-18-38)41-22-21-40(34-8-15-37(16-9-34)53-48(61)45(51)32(3)29-44(59)64-4)58(41)39-19-10-33(11-20-39)36-14-23-43(52-30-36)56-25-27-66-28-26-56/h8-20,23,30-32,40-42,45-46H,6-7,21-22,24-29,51H2,1-5H3,(H,53,61)(H,54,63)(H,55,60,62)/t32?,40-,41-,42-,45-,46-/m0/s1. The number of hydrogen-bond donors (Lipinski definition) is 4. The summed E-state index contributed by atoms with van der Waals surface area (Å²) in [5.74, 6) is -1.50. The number of ether oxygens (including phenoxy) is 3. The molecule has 3 aliphatic heterocycles. The molecule has 5 N–H and O–H groups in total. The molecule has 3 aromatic carbocycles. The van der Waals surface area contributed by atoms with Crippen molar-refractivity contribution in [3.05, 3.63) is 102 Å². The molecule has 4 aromatic rings. The van der Waals surface area contributed by atoms with Crippen molar-refractivity contribution in [3.8, 4) is 11.1 Å². The highest BCUT2D eigenvalue weighted by Crippen LogP contribution is 2.47. The number of aromatic nitrogens is 1. The molecule has 16 heteroatoms. The van der Waals surface area contributed by atoms with Gasteiger partial charge in [0.15, 0.2) is 0 Å². The summed E-state index contributed by atoms with van der Waals surface area (Å²) in [6.07, 6.45) is 4.34. The Bertz CT molecular complexity index is 2300. The number of amides is 4. The van der Waals surface area contributed by atoms with Crippen LogP contribution in [0.4, 0.5) is 27.7 Å². The van der Waals surface area contributed by atoms with Crippen molar-refractivity contribution in [2.75, 3.05) is 67.1 Å². The minimum Gasteiger partial charge on any atom is -0.469 e. The highest BCUT2D eigenvalue weighted by molar-refractivity contribution is 6.02. The Labute approximate surface area is 386 Å². The highest BCUT2D eigenvalue weighted by atomic mass is 16.5. The van der Waals surface area contributed by atoms with E-state index in [2.05, 4.69) is 91.2 Å². The molecule has 0 radical (unpaired) electrons. The molecule has 0 saturated carbocycles. The van der Waals surface area contributed by atoms with Crippen molar-refractivity contribution < 1.29 is 38.2 Å². The van der Waals surface area contributed by atoms with Gasteiger partial charge in [0.1, 0.15) is 17.9 Å². The average molecular weight is 903 g/mol. The van der Waals surface area contributed by atoms with Crippen molar-refractivity contribution in [2.45, 2.75) is 83.1 Å². The van der Waals surface area contributed by atoms with Gasteiger partial charge in [0.2, 0.25) is 17.7 Å². The molecule has 0 spiro atoms. The molecule has 4 heterocycles. The van der Waals surface area contributed by atoms with E-state index in [0.29, 0.717) is 31.9 Å². The van der Waals surface area contributed by atoms with Crippen LogP contribution in [0.3, 0.4) is 0 Å². The number of nitrogens with zero attached hydrogens (tertiary/aromatic N) is 4. The Morgan fingerprint density at radius 3 is 1.97 bits per heavy atom. The van der Waals surface area contributed by atoms with Crippen LogP contribution in [0.2, 0.25) is 0 Å². The molecule has 7 rings (SSSR count).